The summed E-state index contributed by atoms with van der Waals surface area (Å²) in [5, 5.41) is 0. The third-order valence-electron chi connectivity index (χ3n) is 3.24. The fourth-order valence-electron chi connectivity index (χ4n) is 2.07. The third kappa shape index (κ3) is 2.51. The van der Waals surface area contributed by atoms with Crippen molar-refractivity contribution in [3.8, 4) is 0 Å². The molecule has 2 rings (SSSR count). The van der Waals surface area contributed by atoms with Gasteiger partial charge in [-0.2, -0.15) is 0 Å². The first-order valence-corrected chi connectivity index (χ1v) is 6.32. The van der Waals surface area contributed by atoms with Gasteiger partial charge < -0.3 is 0 Å². The van der Waals surface area contributed by atoms with Crippen molar-refractivity contribution < 1.29 is 4.79 Å². The number of hydrogen-bond acceptors (Lipinski definition) is 1. The maximum atomic E-state index is 12.5. The Morgan fingerprint density at radius 2 is 1.83 bits per heavy atom. The maximum Gasteiger partial charge on any atom is 0.193 e. The molecule has 0 aliphatic carbocycles. The molecule has 0 saturated carbocycles. The van der Waals surface area contributed by atoms with Crippen LogP contribution in [0.25, 0.3) is 0 Å². The summed E-state index contributed by atoms with van der Waals surface area (Å²) in [7, 11) is 0. The quantitative estimate of drug-likeness (QED) is 0.736. The standard InChI is InChI=1S/C17H18O/c1-4-14-6-5-7-15(11-14)17(18)16-10-12(2)8-9-13(16)3/h5-11H,4H2,1-3H3. The van der Waals surface area contributed by atoms with Crippen LogP contribution >= 0.6 is 0 Å². The van der Waals surface area contributed by atoms with E-state index in [9.17, 15) is 4.79 Å². The minimum atomic E-state index is 0.117. The van der Waals surface area contributed by atoms with Crippen LogP contribution in [0.3, 0.4) is 0 Å². The summed E-state index contributed by atoms with van der Waals surface area (Å²) < 4.78 is 0. The molecular formula is C17H18O. The van der Waals surface area contributed by atoms with Crippen molar-refractivity contribution in [3.05, 3.63) is 70.3 Å². The lowest BCUT2D eigenvalue weighted by molar-refractivity contribution is 0.103. The monoisotopic (exact) mass is 238 g/mol. The van der Waals surface area contributed by atoms with Crippen molar-refractivity contribution in [1.29, 1.82) is 0 Å². The van der Waals surface area contributed by atoms with E-state index in [1.165, 1.54) is 5.56 Å². The molecule has 2 aromatic carbocycles. The molecule has 0 aliphatic rings. The molecule has 18 heavy (non-hydrogen) atoms. The van der Waals surface area contributed by atoms with Gasteiger partial charge in [-0.1, -0.05) is 42.8 Å². The molecule has 1 nitrogen and oxygen atoms in total. The summed E-state index contributed by atoms with van der Waals surface area (Å²) >= 11 is 0. The Labute approximate surface area is 108 Å². The highest BCUT2D eigenvalue weighted by atomic mass is 16.1. The number of hydrogen-bond donors (Lipinski definition) is 0. The van der Waals surface area contributed by atoms with Gasteiger partial charge in [-0.15, -0.1) is 0 Å². The van der Waals surface area contributed by atoms with E-state index in [2.05, 4.69) is 13.0 Å². The SMILES string of the molecule is CCc1cccc(C(=O)c2cc(C)ccc2C)c1. The Kier molecular flexibility index (Phi) is 3.61. The highest BCUT2D eigenvalue weighted by molar-refractivity contribution is 6.10. The van der Waals surface area contributed by atoms with Gasteiger partial charge in [0.05, 0.1) is 0 Å². The summed E-state index contributed by atoms with van der Waals surface area (Å²) in [5.74, 6) is 0.117. The predicted molar refractivity (Wildman–Crippen MR) is 75.2 cm³/mol. The molecule has 0 spiro atoms. The minimum absolute atomic E-state index is 0.117. The molecule has 0 amide bonds. The minimum Gasteiger partial charge on any atom is -0.289 e. The zero-order valence-corrected chi connectivity index (χ0v) is 11.2. The first-order chi connectivity index (χ1) is 8.61. The van der Waals surface area contributed by atoms with Gasteiger partial charge in [0.15, 0.2) is 5.78 Å². The molecule has 0 aromatic heterocycles. The largest absolute Gasteiger partial charge is 0.289 e. The van der Waals surface area contributed by atoms with Crippen LogP contribution in [0.15, 0.2) is 42.5 Å². The van der Waals surface area contributed by atoms with Crippen LogP contribution < -0.4 is 0 Å². The zero-order chi connectivity index (χ0) is 13.1. The van der Waals surface area contributed by atoms with Crippen molar-refractivity contribution in [3.63, 3.8) is 0 Å². The molecule has 0 heterocycles. The van der Waals surface area contributed by atoms with Gasteiger partial charge in [-0.05, 0) is 43.5 Å². The van der Waals surface area contributed by atoms with Gasteiger partial charge in [0.2, 0.25) is 0 Å². The predicted octanol–water partition coefficient (Wildman–Crippen LogP) is 4.10. The fraction of sp³-hybridized carbons (Fsp3) is 0.235. The normalized spacial score (nSPS) is 10.4. The lowest BCUT2D eigenvalue weighted by Crippen LogP contribution is -2.04. The molecule has 0 fully saturated rings. The smallest absolute Gasteiger partial charge is 0.193 e. The average molecular weight is 238 g/mol. The van der Waals surface area contributed by atoms with Crippen LogP contribution in [-0.2, 0) is 6.42 Å². The lowest BCUT2D eigenvalue weighted by Gasteiger charge is -2.07. The Hall–Kier alpha value is -1.89. The average Bonchev–Trinajstić information content (AvgIpc) is 2.41. The highest BCUT2D eigenvalue weighted by Gasteiger charge is 2.12. The van der Waals surface area contributed by atoms with Crippen molar-refractivity contribution >= 4 is 5.78 Å². The maximum absolute atomic E-state index is 12.5. The van der Waals surface area contributed by atoms with Crippen molar-refractivity contribution in [2.45, 2.75) is 27.2 Å². The third-order valence-corrected chi connectivity index (χ3v) is 3.24. The van der Waals surface area contributed by atoms with Crippen LogP contribution in [0, 0.1) is 13.8 Å². The zero-order valence-electron chi connectivity index (χ0n) is 11.2. The fourth-order valence-corrected chi connectivity index (χ4v) is 2.07. The van der Waals surface area contributed by atoms with E-state index in [0.717, 1.165) is 28.7 Å². The van der Waals surface area contributed by atoms with E-state index in [1.54, 1.807) is 0 Å². The van der Waals surface area contributed by atoms with Crippen LogP contribution in [0.5, 0.6) is 0 Å². The lowest BCUT2D eigenvalue weighted by atomic mass is 9.96. The van der Waals surface area contributed by atoms with Gasteiger partial charge in [0.25, 0.3) is 0 Å². The first kappa shape index (κ1) is 12.6. The van der Waals surface area contributed by atoms with E-state index in [4.69, 9.17) is 0 Å². The van der Waals surface area contributed by atoms with E-state index >= 15 is 0 Å². The molecule has 0 unspecified atom stereocenters. The summed E-state index contributed by atoms with van der Waals surface area (Å²) in [5.41, 5.74) is 4.94. The Morgan fingerprint density at radius 3 is 2.56 bits per heavy atom. The molecule has 1 heteroatoms. The van der Waals surface area contributed by atoms with Crippen LogP contribution in [-0.4, -0.2) is 5.78 Å². The molecule has 0 atom stereocenters. The molecule has 0 bridgehead atoms. The molecule has 0 aliphatic heterocycles. The summed E-state index contributed by atoms with van der Waals surface area (Å²) in [6, 6.07) is 13.9. The molecule has 0 N–H and O–H groups in total. The number of carbonyl (C=O) groups is 1. The van der Waals surface area contributed by atoms with E-state index in [1.807, 2.05) is 50.2 Å². The van der Waals surface area contributed by atoms with E-state index in [0.29, 0.717) is 0 Å². The molecule has 92 valence electrons. The van der Waals surface area contributed by atoms with Gasteiger partial charge in [-0.25, -0.2) is 0 Å². The van der Waals surface area contributed by atoms with E-state index < -0.39 is 0 Å². The number of benzene rings is 2. The number of ketones is 1. The second kappa shape index (κ2) is 5.18. The van der Waals surface area contributed by atoms with Gasteiger partial charge >= 0.3 is 0 Å². The number of aryl methyl sites for hydroxylation is 3. The number of carbonyl (C=O) groups excluding carboxylic acids is 1. The Balaban J connectivity index is 2.44. The van der Waals surface area contributed by atoms with Crippen LogP contribution in [0.1, 0.15) is 39.5 Å². The van der Waals surface area contributed by atoms with Gasteiger partial charge in [0.1, 0.15) is 0 Å². The summed E-state index contributed by atoms with van der Waals surface area (Å²) in [6.07, 6.45) is 0.952. The molecule has 0 saturated heterocycles. The van der Waals surface area contributed by atoms with Crippen LogP contribution in [0.2, 0.25) is 0 Å². The van der Waals surface area contributed by atoms with Crippen molar-refractivity contribution in [1.82, 2.24) is 0 Å². The second-order valence-corrected chi connectivity index (χ2v) is 4.70. The van der Waals surface area contributed by atoms with Crippen LogP contribution in [0.4, 0.5) is 0 Å². The van der Waals surface area contributed by atoms with E-state index in [-0.39, 0.29) is 5.78 Å². The molecular weight excluding hydrogens is 220 g/mol. The summed E-state index contributed by atoms with van der Waals surface area (Å²) in [4.78, 5) is 12.5. The second-order valence-electron chi connectivity index (χ2n) is 4.70. The first-order valence-electron chi connectivity index (χ1n) is 6.32. The molecule has 2 aromatic rings. The summed E-state index contributed by atoms with van der Waals surface area (Å²) in [6.45, 7) is 6.09. The van der Waals surface area contributed by atoms with Gasteiger partial charge in [0, 0.05) is 11.1 Å². The van der Waals surface area contributed by atoms with Crippen molar-refractivity contribution in [2.24, 2.45) is 0 Å². The number of rotatable bonds is 3. The molecule has 0 radical (unpaired) electrons. The topological polar surface area (TPSA) is 17.1 Å². The Bertz CT molecular complexity index is 582. The van der Waals surface area contributed by atoms with Crippen molar-refractivity contribution in [2.75, 3.05) is 0 Å². The Morgan fingerprint density at radius 1 is 1.06 bits per heavy atom. The van der Waals surface area contributed by atoms with Gasteiger partial charge in [-0.3, -0.25) is 4.79 Å². The highest BCUT2D eigenvalue weighted by Crippen LogP contribution is 2.17.